The van der Waals surface area contributed by atoms with E-state index in [0.29, 0.717) is 12.8 Å². The maximum absolute atomic E-state index is 12.5. The molecule has 4 N–H and O–H groups in total. The molecule has 0 aliphatic rings. The molecule has 0 amide bonds. The third-order valence-corrected chi connectivity index (χ3v) is 8.43. The molecule has 0 heterocycles. The molecule has 0 aliphatic heterocycles. The first-order valence-electron chi connectivity index (χ1n) is 19.0. The lowest BCUT2D eigenvalue weighted by atomic mass is 10.1. The molecule has 52 heavy (non-hydrogen) atoms. The summed E-state index contributed by atoms with van der Waals surface area (Å²) in [6, 6.07) is -1.53. The number of nitrogens with two attached hydrogens (primary N) is 1. The zero-order chi connectivity index (χ0) is 38.5. The molecule has 0 fully saturated rings. The lowest BCUT2D eigenvalue weighted by Crippen LogP contribution is -2.34. The Morgan fingerprint density at radius 2 is 1.08 bits per heavy atom. The monoisotopic (exact) mass is 751 g/mol. The van der Waals surface area contributed by atoms with Crippen LogP contribution in [0.2, 0.25) is 0 Å². The molecule has 0 saturated heterocycles. The van der Waals surface area contributed by atoms with Crippen molar-refractivity contribution in [1.29, 1.82) is 0 Å². The third-order valence-electron chi connectivity index (χ3n) is 7.48. The Morgan fingerprint density at radius 3 is 1.58 bits per heavy atom. The number of allylic oxidation sites excluding steroid dienone is 12. The molecule has 0 spiro atoms. The molecule has 0 aromatic heterocycles. The van der Waals surface area contributed by atoms with Crippen LogP contribution >= 0.6 is 7.82 Å². The lowest BCUT2D eigenvalue weighted by Gasteiger charge is -2.20. The van der Waals surface area contributed by atoms with Gasteiger partial charge in [0.1, 0.15) is 12.6 Å². The second-order valence-corrected chi connectivity index (χ2v) is 13.8. The molecule has 296 valence electrons. The zero-order valence-electron chi connectivity index (χ0n) is 31.6. The molecule has 0 rings (SSSR count). The van der Waals surface area contributed by atoms with E-state index in [2.05, 4.69) is 79.1 Å². The van der Waals surface area contributed by atoms with Crippen LogP contribution < -0.4 is 5.73 Å². The van der Waals surface area contributed by atoms with Crippen molar-refractivity contribution in [3.63, 3.8) is 0 Å². The van der Waals surface area contributed by atoms with Crippen molar-refractivity contribution in [2.75, 3.05) is 19.8 Å². The highest BCUT2D eigenvalue weighted by molar-refractivity contribution is 7.47. The van der Waals surface area contributed by atoms with E-state index in [-0.39, 0.29) is 19.4 Å². The minimum Gasteiger partial charge on any atom is -0.480 e. The second-order valence-electron chi connectivity index (χ2n) is 12.3. The first-order valence-corrected chi connectivity index (χ1v) is 20.5. The number of ether oxygens (including phenoxy) is 2. The average molecular weight is 752 g/mol. The van der Waals surface area contributed by atoms with E-state index in [0.717, 1.165) is 57.8 Å². The predicted molar refractivity (Wildman–Crippen MR) is 207 cm³/mol. The van der Waals surface area contributed by atoms with Crippen LogP contribution in [0.25, 0.3) is 0 Å². The highest BCUT2D eigenvalue weighted by Gasteiger charge is 2.28. The van der Waals surface area contributed by atoms with E-state index in [4.69, 9.17) is 24.8 Å². The summed E-state index contributed by atoms with van der Waals surface area (Å²) in [5.41, 5.74) is 5.30. The fourth-order valence-electron chi connectivity index (χ4n) is 4.50. The number of hydrogen-bond donors (Lipinski definition) is 3. The number of carbonyl (C=O) groups is 3. The third kappa shape index (κ3) is 34.0. The van der Waals surface area contributed by atoms with Crippen molar-refractivity contribution in [2.45, 2.75) is 142 Å². The molecular formula is C40H66NO10P. The Hall–Kier alpha value is -3.08. The number of aliphatic carboxylic acids is 1. The van der Waals surface area contributed by atoms with Gasteiger partial charge in [-0.2, -0.15) is 0 Å². The Kier molecular flexibility index (Phi) is 32.9. The van der Waals surface area contributed by atoms with Crippen LogP contribution in [0.1, 0.15) is 129 Å². The summed E-state index contributed by atoms with van der Waals surface area (Å²) < 4.78 is 32.4. The largest absolute Gasteiger partial charge is 0.480 e. The molecule has 1 unspecified atom stereocenters. The number of phosphoric ester groups is 1. The van der Waals surface area contributed by atoms with Gasteiger partial charge in [0.15, 0.2) is 6.10 Å². The highest BCUT2D eigenvalue weighted by atomic mass is 31.2. The highest BCUT2D eigenvalue weighted by Crippen LogP contribution is 2.43. The predicted octanol–water partition coefficient (Wildman–Crippen LogP) is 9.39. The van der Waals surface area contributed by atoms with Gasteiger partial charge >= 0.3 is 25.7 Å². The summed E-state index contributed by atoms with van der Waals surface area (Å²) in [4.78, 5) is 45.6. The molecule has 3 atom stereocenters. The van der Waals surface area contributed by atoms with Crippen LogP contribution in [-0.2, 0) is 37.5 Å². The van der Waals surface area contributed by atoms with Gasteiger partial charge in [-0.1, -0.05) is 138 Å². The van der Waals surface area contributed by atoms with Gasteiger partial charge in [0.25, 0.3) is 0 Å². The van der Waals surface area contributed by atoms with Crippen LogP contribution in [-0.4, -0.2) is 59.9 Å². The smallest absolute Gasteiger partial charge is 0.472 e. The van der Waals surface area contributed by atoms with Crippen molar-refractivity contribution in [2.24, 2.45) is 5.73 Å². The first-order chi connectivity index (χ1) is 25.1. The van der Waals surface area contributed by atoms with Crippen molar-refractivity contribution < 1.29 is 47.5 Å². The minimum atomic E-state index is -4.72. The second kappa shape index (κ2) is 35.0. The summed E-state index contributed by atoms with van der Waals surface area (Å²) in [7, 11) is -4.72. The molecule has 0 aliphatic carbocycles. The van der Waals surface area contributed by atoms with Crippen molar-refractivity contribution >= 4 is 25.7 Å². The fraction of sp³-hybridized carbons (Fsp3) is 0.625. The van der Waals surface area contributed by atoms with E-state index in [1.807, 2.05) is 12.2 Å². The van der Waals surface area contributed by atoms with Crippen molar-refractivity contribution in [3.05, 3.63) is 72.9 Å². The van der Waals surface area contributed by atoms with Gasteiger partial charge < -0.3 is 25.2 Å². The molecule has 0 bridgehead atoms. The maximum atomic E-state index is 12.5. The van der Waals surface area contributed by atoms with Gasteiger partial charge in [0, 0.05) is 12.8 Å². The number of phosphoric acid groups is 1. The maximum Gasteiger partial charge on any atom is 0.472 e. The van der Waals surface area contributed by atoms with Gasteiger partial charge in [-0.25, -0.2) is 4.57 Å². The topological polar surface area (TPSA) is 172 Å². The molecule has 11 nitrogen and oxygen atoms in total. The van der Waals surface area contributed by atoms with Gasteiger partial charge in [-0.15, -0.1) is 0 Å². The first kappa shape index (κ1) is 48.9. The van der Waals surface area contributed by atoms with E-state index in [1.54, 1.807) is 0 Å². The van der Waals surface area contributed by atoms with Crippen LogP contribution in [0.5, 0.6) is 0 Å². The molecular weight excluding hydrogens is 685 g/mol. The fourth-order valence-corrected chi connectivity index (χ4v) is 5.28. The van der Waals surface area contributed by atoms with Gasteiger partial charge in [-0.3, -0.25) is 23.4 Å². The standard InChI is InChI=1S/C40H66NO10P/c1-3-5-7-9-11-13-14-15-16-17-18-19-20-21-22-24-25-27-29-31-38(42)48-33-36(34-49-52(46,47)50-35-37(41)40(44)45)51-39(43)32-30-28-26-23-12-10-8-6-4-2/h5,7,11,13,15-16,18-19,21-22,25,27,36-37H,3-4,6,8-10,12,14,17,20,23-24,26,28-35,41H2,1-2H3,(H,44,45)(H,46,47)/b7-5+,13-11+,16-15+,19-18+,22-21+,27-25+/t36-,37+/m0/s1. The number of unbranched alkanes of at least 4 members (excludes halogenated alkanes) is 8. The number of hydrogen-bond acceptors (Lipinski definition) is 9. The summed E-state index contributed by atoms with van der Waals surface area (Å²) in [5.74, 6) is -2.50. The quantitative estimate of drug-likeness (QED) is 0.0248. The minimum absolute atomic E-state index is 0.0941. The summed E-state index contributed by atoms with van der Waals surface area (Å²) in [5, 5.41) is 8.85. The van der Waals surface area contributed by atoms with E-state index in [1.165, 1.54) is 32.1 Å². The number of rotatable bonds is 34. The number of esters is 2. The average Bonchev–Trinajstić information content (AvgIpc) is 3.12. The molecule has 0 aromatic carbocycles. The van der Waals surface area contributed by atoms with E-state index >= 15 is 0 Å². The Morgan fingerprint density at radius 1 is 0.615 bits per heavy atom. The number of carbonyl (C=O) groups excluding carboxylic acids is 2. The van der Waals surface area contributed by atoms with Gasteiger partial charge in [0.05, 0.1) is 13.2 Å². The Bertz CT molecular complexity index is 1160. The van der Waals surface area contributed by atoms with Crippen LogP contribution in [0, 0.1) is 0 Å². The van der Waals surface area contributed by atoms with E-state index in [9.17, 15) is 23.8 Å². The summed E-state index contributed by atoms with van der Waals surface area (Å²) in [6.07, 6.45) is 40.0. The number of carboxylic acids is 1. The van der Waals surface area contributed by atoms with Gasteiger partial charge in [0.2, 0.25) is 0 Å². The Labute approximate surface area is 312 Å². The Balaban J connectivity index is 4.53. The van der Waals surface area contributed by atoms with Crippen molar-refractivity contribution in [3.8, 4) is 0 Å². The summed E-state index contributed by atoms with van der Waals surface area (Å²) >= 11 is 0. The molecule has 12 heteroatoms. The van der Waals surface area contributed by atoms with E-state index < -0.39 is 51.1 Å². The lowest BCUT2D eigenvalue weighted by molar-refractivity contribution is -0.161. The van der Waals surface area contributed by atoms with Crippen LogP contribution in [0.3, 0.4) is 0 Å². The zero-order valence-corrected chi connectivity index (χ0v) is 32.5. The van der Waals surface area contributed by atoms with Gasteiger partial charge in [-0.05, 0) is 51.4 Å². The SMILES string of the molecule is CC/C=C/C/C=C/C/C=C/C/C=C/C/C=C/C/C=C/CCC(=O)OC[C@@H](COP(=O)(O)OC[C@@H](N)C(=O)O)OC(=O)CCCCCCCCCCC. The van der Waals surface area contributed by atoms with Crippen molar-refractivity contribution in [1.82, 2.24) is 0 Å². The molecule has 0 aromatic rings. The molecule has 0 saturated carbocycles. The van der Waals surface area contributed by atoms with Crippen LogP contribution in [0.4, 0.5) is 0 Å². The normalized spacial score (nSPS) is 14.7. The van der Waals surface area contributed by atoms with Crippen LogP contribution in [0.15, 0.2) is 72.9 Å². The number of carboxylic acid groups (broad SMARTS) is 1. The summed E-state index contributed by atoms with van der Waals surface area (Å²) in [6.45, 7) is 2.55. The molecule has 0 radical (unpaired) electrons.